The van der Waals surface area contributed by atoms with Crippen LogP contribution in [0.15, 0.2) is 0 Å². The van der Waals surface area contributed by atoms with Crippen LogP contribution in [0.1, 0.15) is 44.9 Å². The Morgan fingerprint density at radius 1 is 1.07 bits per heavy atom. The molecule has 2 rings (SSSR count). The van der Waals surface area contributed by atoms with Gasteiger partial charge in [0, 0.05) is 36.0 Å². The van der Waals surface area contributed by atoms with E-state index in [1.54, 1.807) is 0 Å². The first-order valence-electron chi connectivity index (χ1n) is 5.84. The highest BCUT2D eigenvalue weighted by molar-refractivity contribution is 14.1. The van der Waals surface area contributed by atoms with Gasteiger partial charge in [0.05, 0.1) is 5.60 Å². The second-order valence-electron chi connectivity index (χ2n) is 4.85. The van der Waals surface area contributed by atoms with Crippen molar-refractivity contribution >= 4 is 22.9 Å². The van der Waals surface area contributed by atoms with Crippen LogP contribution in [-0.2, 0) is 0 Å². The van der Waals surface area contributed by atoms with E-state index in [1.165, 1.54) is 32.1 Å². The Bertz CT molecular complexity index is 184. The summed E-state index contributed by atoms with van der Waals surface area (Å²) in [7, 11) is 0. The lowest BCUT2D eigenvalue weighted by atomic mass is 9.72. The normalized spacial score (nSPS) is 30.4. The van der Waals surface area contributed by atoms with Gasteiger partial charge in [0.2, 0.25) is 0 Å². The minimum atomic E-state index is -0.317. The lowest BCUT2D eigenvalue weighted by Gasteiger charge is -2.43. The lowest BCUT2D eigenvalue weighted by Crippen LogP contribution is -2.46. The van der Waals surface area contributed by atoms with Crippen molar-refractivity contribution in [3.05, 3.63) is 0 Å². The Kier molecular flexibility index (Phi) is 3.71. The van der Waals surface area contributed by atoms with Gasteiger partial charge in [0.15, 0.2) is 0 Å². The van der Waals surface area contributed by atoms with Crippen LogP contribution in [0.5, 0.6) is 0 Å². The molecule has 1 saturated heterocycles. The molecule has 2 nitrogen and oxygen atoms in total. The van der Waals surface area contributed by atoms with Gasteiger partial charge in [-0.3, -0.25) is 0 Å². The van der Waals surface area contributed by atoms with Crippen molar-refractivity contribution in [3.8, 4) is 0 Å². The molecule has 2 fully saturated rings. The summed E-state index contributed by atoms with van der Waals surface area (Å²) in [6.45, 7) is 2.13. The Labute approximate surface area is 101 Å². The first-order valence-corrected chi connectivity index (χ1v) is 6.80. The Hall–Kier alpha value is 0.650. The number of hydrogen-bond acceptors (Lipinski definition) is 2. The summed E-state index contributed by atoms with van der Waals surface area (Å²) in [6.07, 6.45) is 8.55. The zero-order valence-electron chi connectivity index (χ0n) is 8.71. The molecule has 0 atom stereocenters. The fourth-order valence-electron chi connectivity index (χ4n) is 2.91. The minimum absolute atomic E-state index is 0.317. The van der Waals surface area contributed by atoms with E-state index in [0.29, 0.717) is 5.92 Å². The van der Waals surface area contributed by atoms with Crippen LogP contribution in [0.4, 0.5) is 0 Å². The van der Waals surface area contributed by atoms with Gasteiger partial charge in [0.25, 0.3) is 0 Å². The van der Waals surface area contributed by atoms with Crippen LogP contribution in [0.2, 0.25) is 0 Å². The van der Waals surface area contributed by atoms with Crippen LogP contribution in [0.25, 0.3) is 0 Å². The van der Waals surface area contributed by atoms with Gasteiger partial charge in [-0.25, -0.2) is 3.11 Å². The summed E-state index contributed by atoms with van der Waals surface area (Å²) in [5, 5.41) is 10.6. The molecule has 0 aromatic rings. The smallest absolute Gasteiger partial charge is 0.0700 e. The number of rotatable bonds is 1. The van der Waals surface area contributed by atoms with Crippen molar-refractivity contribution in [2.45, 2.75) is 50.5 Å². The third-order valence-electron chi connectivity index (χ3n) is 3.94. The molecule has 0 amide bonds. The molecule has 2 aliphatic rings. The van der Waals surface area contributed by atoms with E-state index < -0.39 is 0 Å². The number of halogens is 1. The zero-order valence-corrected chi connectivity index (χ0v) is 10.9. The summed E-state index contributed by atoms with van der Waals surface area (Å²) in [5.41, 5.74) is -0.317. The lowest BCUT2D eigenvalue weighted by molar-refractivity contribution is -0.0637. The molecular formula is C11H20INO. The summed E-state index contributed by atoms with van der Waals surface area (Å²) in [5.74, 6) is 0.598. The summed E-state index contributed by atoms with van der Waals surface area (Å²) >= 11 is 2.37. The van der Waals surface area contributed by atoms with Crippen LogP contribution >= 0.6 is 22.9 Å². The summed E-state index contributed by atoms with van der Waals surface area (Å²) in [4.78, 5) is 0. The van der Waals surface area contributed by atoms with E-state index in [1.807, 2.05) is 0 Å². The largest absolute Gasteiger partial charge is 0.390 e. The first kappa shape index (κ1) is 11.1. The second-order valence-corrected chi connectivity index (χ2v) is 6.21. The zero-order chi connectivity index (χ0) is 10.0. The Balaban J connectivity index is 1.93. The standard InChI is InChI=1S/C11H20INO/c12-13-8-6-11(14,7-9-13)10-4-2-1-3-5-10/h10,14H,1-9H2. The average Bonchev–Trinajstić information content (AvgIpc) is 2.24. The molecule has 14 heavy (non-hydrogen) atoms. The van der Waals surface area contributed by atoms with Crippen molar-refractivity contribution in [1.29, 1.82) is 0 Å². The van der Waals surface area contributed by atoms with Crippen LogP contribution in [-0.4, -0.2) is 26.9 Å². The number of aliphatic hydroxyl groups is 1. The highest BCUT2D eigenvalue weighted by Gasteiger charge is 2.39. The maximum Gasteiger partial charge on any atom is 0.0700 e. The molecule has 0 spiro atoms. The van der Waals surface area contributed by atoms with Crippen LogP contribution in [0.3, 0.4) is 0 Å². The fraction of sp³-hybridized carbons (Fsp3) is 1.00. The topological polar surface area (TPSA) is 23.5 Å². The molecule has 1 N–H and O–H groups in total. The predicted molar refractivity (Wildman–Crippen MR) is 66.4 cm³/mol. The molecule has 0 radical (unpaired) electrons. The first-order chi connectivity index (χ1) is 6.71. The average molecular weight is 309 g/mol. The molecule has 0 aromatic heterocycles. The third kappa shape index (κ3) is 2.42. The summed E-state index contributed by atoms with van der Waals surface area (Å²) in [6, 6.07) is 0. The Morgan fingerprint density at radius 3 is 2.21 bits per heavy atom. The predicted octanol–water partition coefficient (Wildman–Crippen LogP) is 2.74. The third-order valence-corrected chi connectivity index (χ3v) is 4.90. The van der Waals surface area contributed by atoms with Gasteiger partial charge in [-0.15, -0.1) is 0 Å². The molecule has 1 aliphatic carbocycles. The van der Waals surface area contributed by atoms with Gasteiger partial charge in [-0.2, -0.15) is 0 Å². The van der Waals surface area contributed by atoms with Gasteiger partial charge < -0.3 is 5.11 Å². The van der Waals surface area contributed by atoms with Gasteiger partial charge >= 0.3 is 0 Å². The maximum absolute atomic E-state index is 10.6. The number of nitrogens with zero attached hydrogens (tertiary/aromatic N) is 1. The van der Waals surface area contributed by atoms with Crippen molar-refractivity contribution in [3.63, 3.8) is 0 Å². The molecule has 82 valence electrons. The van der Waals surface area contributed by atoms with E-state index in [-0.39, 0.29) is 5.60 Å². The van der Waals surface area contributed by atoms with Crippen molar-refractivity contribution in [2.24, 2.45) is 5.92 Å². The van der Waals surface area contributed by atoms with Gasteiger partial charge in [0.1, 0.15) is 0 Å². The van der Waals surface area contributed by atoms with E-state index in [2.05, 4.69) is 26.0 Å². The van der Waals surface area contributed by atoms with Gasteiger partial charge in [-0.05, 0) is 31.6 Å². The highest BCUT2D eigenvalue weighted by Crippen LogP contribution is 2.39. The SMILES string of the molecule is OC1(C2CCCCC2)CCN(I)CC1. The van der Waals surface area contributed by atoms with E-state index in [4.69, 9.17) is 0 Å². The quantitative estimate of drug-likeness (QED) is 0.595. The number of hydrogen-bond donors (Lipinski definition) is 1. The Morgan fingerprint density at radius 2 is 1.64 bits per heavy atom. The number of piperidine rings is 1. The molecule has 0 bridgehead atoms. The highest BCUT2D eigenvalue weighted by atomic mass is 127. The minimum Gasteiger partial charge on any atom is -0.390 e. The molecule has 1 saturated carbocycles. The molecule has 0 aromatic carbocycles. The van der Waals surface area contributed by atoms with Crippen molar-refractivity contribution < 1.29 is 5.11 Å². The van der Waals surface area contributed by atoms with E-state index in [0.717, 1.165) is 25.9 Å². The van der Waals surface area contributed by atoms with Crippen LogP contribution < -0.4 is 0 Å². The van der Waals surface area contributed by atoms with Crippen molar-refractivity contribution in [2.75, 3.05) is 13.1 Å². The van der Waals surface area contributed by atoms with E-state index >= 15 is 0 Å². The second kappa shape index (κ2) is 4.66. The molecule has 0 unspecified atom stereocenters. The summed E-state index contributed by atoms with van der Waals surface area (Å²) < 4.78 is 2.30. The molecule has 1 heterocycles. The van der Waals surface area contributed by atoms with Crippen LogP contribution in [0, 0.1) is 5.92 Å². The molecular weight excluding hydrogens is 289 g/mol. The van der Waals surface area contributed by atoms with Crippen molar-refractivity contribution in [1.82, 2.24) is 3.11 Å². The molecule has 3 heteroatoms. The molecule has 1 aliphatic heterocycles. The maximum atomic E-state index is 10.6. The monoisotopic (exact) mass is 309 g/mol. The van der Waals surface area contributed by atoms with E-state index in [9.17, 15) is 5.11 Å². The fourth-order valence-corrected chi connectivity index (χ4v) is 3.40. The van der Waals surface area contributed by atoms with Gasteiger partial charge in [-0.1, -0.05) is 19.3 Å².